The number of nitro groups is 1. The summed E-state index contributed by atoms with van der Waals surface area (Å²) in [6, 6.07) is 18.3. The standard InChI is InChI=1S/C21H20FN3O4/c1-28-20-10-7-15(13-23-24-18-5-3-2-4-6-18)11-16(20)14-29-21-12-17(22)8-9-19(21)25(26)27/h2-12,23-24H,13-14H2,1H3. The van der Waals surface area contributed by atoms with Gasteiger partial charge >= 0.3 is 5.69 Å². The highest BCUT2D eigenvalue weighted by atomic mass is 19.1. The van der Waals surface area contributed by atoms with E-state index in [0.717, 1.165) is 29.4 Å². The minimum Gasteiger partial charge on any atom is -0.496 e. The first-order valence-corrected chi connectivity index (χ1v) is 8.83. The first kappa shape index (κ1) is 20.1. The fourth-order valence-electron chi connectivity index (χ4n) is 2.73. The zero-order valence-corrected chi connectivity index (χ0v) is 15.7. The van der Waals surface area contributed by atoms with Gasteiger partial charge in [-0.2, -0.15) is 0 Å². The zero-order valence-electron chi connectivity index (χ0n) is 15.7. The van der Waals surface area contributed by atoms with Crippen molar-refractivity contribution in [2.24, 2.45) is 0 Å². The number of nitrogens with one attached hydrogen (secondary N) is 2. The van der Waals surface area contributed by atoms with Crippen molar-refractivity contribution >= 4 is 11.4 Å². The van der Waals surface area contributed by atoms with Crippen LogP contribution in [-0.2, 0) is 13.2 Å². The molecular weight excluding hydrogens is 377 g/mol. The molecule has 7 nitrogen and oxygen atoms in total. The molecule has 0 saturated carbocycles. The van der Waals surface area contributed by atoms with Crippen LogP contribution in [0, 0.1) is 15.9 Å². The Morgan fingerprint density at radius 1 is 1.03 bits per heavy atom. The van der Waals surface area contributed by atoms with E-state index >= 15 is 0 Å². The molecule has 0 spiro atoms. The van der Waals surface area contributed by atoms with Crippen molar-refractivity contribution in [1.82, 2.24) is 5.43 Å². The van der Waals surface area contributed by atoms with Gasteiger partial charge in [-0.15, -0.1) is 0 Å². The molecule has 0 amide bonds. The molecule has 0 atom stereocenters. The number of benzene rings is 3. The van der Waals surface area contributed by atoms with Crippen molar-refractivity contribution in [1.29, 1.82) is 0 Å². The van der Waals surface area contributed by atoms with Gasteiger partial charge in [0.05, 0.1) is 12.0 Å². The molecule has 0 aliphatic heterocycles. The van der Waals surface area contributed by atoms with Gasteiger partial charge < -0.3 is 14.9 Å². The second-order valence-corrected chi connectivity index (χ2v) is 6.15. The maximum Gasteiger partial charge on any atom is 0.311 e. The summed E-state index contributed by atoms with van der Waals surface area (Å²) in [6.45, 7) is 0.513. The SMILES string of the molecule is COc1ccc(CNNc2ccccc2)cc1COc1cc(F)ccc1[N+](=O)[O-]. The van der Waals surface area contributed by atoms with Crippen LogP contribution in [0.2, 0.25) is 0 Å². The predicted molar refractivity (Wildman–Crippen MR) is 107 cm³/mol. The first-order valence-electron chi connectivity index (χ1n) is 8.83. The lowest BCUT2D eigenvalue weighted by Crippen LogP contribution is -2.20. The van der Waals surface area contributed by atoms with Crippen LogP contribution >= 0.6 is 0 Å². The van der Waals surface area contributed by atoms with E-state index in [2.05, 4.69) is 10.9 Å². The van der Waals surface area contributed by atoms with Crippen molar-refractivity contribution < 1.29 is 18.8 Å². The van der Waals surface area contributed by atoms with Crippen LogP contribution in [-0.4, -0.2) is 12.0 Å². The lowest BCUT2D eigenvalue weighted by Gasteiger charge is -2.13. The molecule has 0 radical (unpaired) electrons. The average Bonchev–Trinajstić information content (AvgIpc) is 2.73. The molecule has 2 N–H and O–H groups in total. The quantitative estimate of drug-likeness (QED) is 0.410. The van der Waals surface area contributed by atoms with Crippen LogP contribution in [0.15, 0.2) is 66.7 Å². The normalized spacial score (nSPS) is 10.4. The van der Waals surface area contributed by atoms with E-state index in [-0.39, 0.29) is 18.0 Å². The third-order valence-electron chi connectivity index (χ3n) is 4.15. The molecule has 3 aromatic carbocycles. The second kappa shape index (κ2) is 9.52. The fraction of sp³-hybridized carbons (Fsp3) is 0.143. The van der Waals surface area contributed by atoms with Gasteiger partial charge in [-0.1, -0.05) is 24.3 Å². The Labute approximate surface area is 167 Å². The number of methoxy groups -OCH3 is 1. The Kier molecular flexibility index (Phi) is 6.59. The number of hydrazine groups is 1. The summed E-state index contributed by atoms with van der Waals surface area (Å²) in [7, 11) is 1.53. The summed E-state index contributed by atoms with van der Waals surface area (Å²) in [5.41, 5.74) is 8.48. The Morgan fingerprint density at radius 2 is 1.83 bits per heavy atom. The van der Waals surface area contributed by atoms with Crippen molar-refractivity contribution in [2.75, 3.05) is 12.5 Å². The summed E-state index contributed by atoms with van der Waals surface area (Å²) < 4.78 is 24.4. The number of hydrogen-bond acceptors (Lipinski definition) is 6. The molecule has 8 heteroatoms. The molecular formula is C21H20FN3O4. The molecule has 0 saturated heterocycles. The van der Waals surface area contributed by atoms with Crippen molar-refractivity contribution in [3.63, 3.8) is 0 Å². The first-order chi connectivity index (χ1) is 14.1. The van der Waals surface area contributed by atoms with Crippen LogP contribution < -0.4 is 20.3 Å². The Bertz CT molecular complexity index is 983. The van der Waals surface area contributed by atoms with E-state index in [1.54, 1.807) is 6.07 Å². The Morgan fingerprint density at radius 3 is 2.55 bits per heavy atom. The molecule has 0 aliphatic carbocycles. The molecule has 0 unspecified atom stereocenters. The lowest BCUT2D eigenvalue weighted by atomic mass is 10.1. The Balaban J connectivity index is 1.69. The van der Waals surface area contributed by atoms with Crippen molar-refractivity contribution in [2.45, 2.75) is 13.2 Å². The summed E-state index contributed by atoms with van der Waals surface area (Å²) in [5.74, 6) is -0.169. The van der Waals surface area contributed by atoms with Crippen molar-refractivity contribution in [3.05, 3.63) is 93.8 Å². The predicted octanol–water partition coefficient (Wildman–Crippen LogP) is 4.44. The van der Waals surface area contributed by atoms with Gasteiger partial charge in [0, 0.05) is 29.9 Å². The van der Waals surface area contributed by atoms with E-state index in [1.807, 2.05) is 42.5 Å². The van der Waals surface area contributed by atoms with Crippen LogP contribution in [0.3, 0.4) is 0 Å². The van der Waals surface area contributed by atoms with E-state index in [1.165, 1.54) is 7.11 Å². The molecule has 0 aromatic heterocycles. The highest BCUT2D eigenvalue weighted by Gasteiger charge is 2.17. The number of hydrogen-bond donors (Lipinski definition) is 2. The topological polar surface area (TPSA) is 85.7 Å². The maximum absolute atomic E-state index is 13.5. The van der Waals surface area contributed by atoms with Gasteiger partial charge in [-0.3, -0.25) is 10.1 Å². The molecule has 0 bridgehead atoms. The number of rotatable bonds is 9. The van der Waals surface area contributed by atoms with Crippen LogP contribution in [0.5, 0.6) is 11.5 Å². The number of nitro benzene ring substituents is 1. The van der Waals surface area contributed by atoms with E-state index in [4.69, 9.17) is 9.47 Å². The second-order valence-electron chi connectivity index (χ2n) is 6.15. The number of anilines is 1. The third-order valence-corrected chi connectivity index (χ3v) is 4.15. The zero-order chi connectivity index (χ0) is 20.6. The molecule has 150 valence electrons. The fourth-order valence-corrected chi connectivity index (χ4v) is 2.73. The van der Waals surface area contributed by atoms with Crippen LogP contribution in [0.4, 0.5) is 15.8 Å². The molecule has 0 heterocycles. The van der Waals surface area contributed by atoms with Crippen LogP contribution in [0.1, 0.15) is 11.1 Å². The van der Waals surface area contributed by atoms with Crippen LogP contribution in [0.25, 0.3) is 0 Å². The maximum atomic E-state index is 13.5. The molecule has 3 aromatic rings. The van der Waals surface area contributed by atoms with Gasteiger partial charge in [0.1, 0.15) is 18.2 Å². The average molecular weight is 397 g/mol. The van der Waals surface area contributed by atoms with E-state index in [9.17, 15) is 14.5 Å². The number of para-hydroxylation sites is 1. The monoisotopic (exact) mass is 397 g/mol. The number of nitrogens with zero attached hydrogens (tertiary/aromatic N) is 1. The minimum absolute atomic E-state index is 0.00653. The largest absolute Gasteiger partial charge is 0.496 e. The summed E-state index contributed by atoms with van der Waals surface area (Å²) in [6.07, 6.45) is 0. The number of halogens is 1. The van der Waals surface area contributed by atoms with Gasteiger partial charge in [0.15, 0.2) is 5.75 Å². The van der Waals surface area contributed by atoms with Crippen molar-refractivity contribution in [3.8, 4) is 11.5 Å². The number of ether oxygens (including phenoxy) is 2. The van der Waals surface area contributed by atoms with Gasteiger partial charge in [0.2, 0.25) is 0 Å². The molecule has 29 heavy (non-hydrogen) atoms. The van der Waals surface area contributed by atoms with Gasteiger partial charge in [-0.25, -0.2) is 9.82 Å². The summed E-state index contributed by atoms with van der Waals surface area (Å²) >= 11 is 0. The molecule has 3 rings (SSSR count). The summed E-state index contributed by atoms with van der Waals surface area (Å²) in [4.78, 5) is 10.5. The summed E-state index contributed by atoms with van der Waals surface area (Å²) in [5, 5.41) is 11.1. The Hall–Kier alpha value is -3.65. The van der Waals surface area contributed by atoms with Gasteiger partial charge in [0.25, 0.3) is 0 Å². The smallest absolute Gasteiger partial charge is 0.311 e. The van der Waals surface area contributed by atoms with Gasteiger partial charge in [-0.05, 0) is 35.9 Å². The molecule has 0 fully saturated rings. The highest BCUT2D eigenvalue weighted by Crippen LogP contribution is 2.29. The lowest BCUT2D eigenvalue weighted by molar-refractivity contribution is -0.386. The highest BCUT2D eigenvalue weighted by molar-refractivity contribution is 5.47. The molecule has 0 aliphatic rings. The van der Waals surface area contributed by atoms with E-state index in [0.29, 0.717) is 17.9 Å². The minimum atomic E-state index is -0.610. The van der Waals surface area contributed by atoms with E-state index < -0.39 is 10.7 Å². The third kappa shape index (κ3) is 5.43.